The smallest absolute Gasteiger partial charge is 0.181 e. The van der Waals surface area contributed by atoms with E-state index in [1.165, 1.54) is 11.1 Å². The Labute approximate surface area is 115 Å². The molecule has 1 aromatic rings. The first-order valence-electron chi connectivity index (χ1n) is 7.03. The average Bonchev–Trinajstić information content (AvgIpc) is 2.83. The van der Waals surface area contributed by atoms with Crippen LogP contribution in [0.5, 0.6) is 0 Å². The molecule has 19 heavy (non-hydrogen) atoms. The van der Waals surface area contributed by atoms with Gasteiger partial charge >= 0.3 is 0 Å². The van der Waals surface area contributed by atoms with Gasteiger partial charge in [0.2, 0.25) is 0 Å². The van der Waals surface area contributed by atoms with Gasteiger partial charge in [0.15, 0.2) is 9.84 Å². The quantitative estimate of drug-likeness (QED) is 0.857. The maximum atomic E-state index is 12.6. The van der Waals surface area contributed by atoms with E-state index in [-0.39, 0.29) is 17.2 Å². The van der Waals surface area contributed by atoms with Crippen molar-refractivity contribution in [1.29, 1.82) is 0 Å². The maximum absolute atomic E-state index is 12.6. The van der Waals surface area contributed by atoms with Crippen molar-refractivity contribution in [3.8, 4) is 0 Å². The number of nitrogens with one attached hydrogen (secondary N) is 1. The second-order valence-corrected chi connectivity index (χ2v) is 8.16. The SMILES string of the molecule is CNC1c2cc3c(cc2S(=O)(=O)C(C)C1C)CCC3. The van der Waals surface area contributed by atoms with Crippen molar-refractivity contribution in [2.75, 3.05) is 7.05 Å². The van der Waals surface area contributed by atoms with Gasteiger partial charge in [0, 0.05) is 6.04 Å². The van der Waals surface area contributed by atoms with Crippen LogP contribution in [0.1, 0.15) is 43.0 Å². The highest BCUT2D eigenvalue weighted by atomic mass is 32.2. The van der Waals surface area contributed by atoms with Crippen LogP contribution in [-0.4, -0.2) is 20.7 Å². The van der Waals surface area contributed by atoms with Crippen LogP contribution in [0.2, 0.25) is 0 Å². The van der Waals surface area contributed by atoms with Crippen molar-refractivity contribution in [2.45, 2.75) is 49.3 Å². The predicted molar refractivity (Wildman–Crippen MR) is 76.1 cm³/mol. The van der Waals surface area contributed by atoms with Crippen LogP contribution in [0.3, 0.4) is 0 Å². The largest absolute Gasteiger partial charge is 0.313 e. The summed E-state index contributed by atoms with van der Waals surface area (Å²) in [6.45, 7) is 3.86. The molecular formula is C15H21NO2S. The number of benzene rings is 1. The summed E-state index contributed by atoms with van der Waals surface area (Å²) in [6.07, 6.45) is 3.25. The molecule has 1 heterocycles. The summed E-state index contributed by atoms with van der Waals surface area (Å²) in [5.41, 5.74) is 3.56. The molecule has 0 spiro atoms. The second-order valence-electron chi connectivity index (χ2n) is 5.89. The van der Waals surface area contributed by atoms with E-state index >= 15 is 0 Å². The summed E-state index contributed by atoms with van der Waals surface area (Å²) in [4.78, 5) is 0.568. The third kappa shape index (κ3) is 1.77. The van der Waals surface area contributed by atoms with E-state index in [1.807, 2.05) is 27.0 Å². The van der Waals surface area contributed by atoms with E-state index in [0.29, 0.717) is 4.90 Å². The maximum Gasteiger partial charge on any atom is 0.181 e. The third-order valence-corrected chi connectivity index (χ3v) is 7.31. The van der Waals surface area contributed by atoms with Gasteiger partial charge < -0.3 is 5.32 Å². The lowest BCUT2D eigenvalue weighted by atomic mass is 9.90. The van der Waals surface area contributed by atoms with Crippen molar-refractivity contribution in [2.24, 2.45) is 5.92 Å². The van der Waals surface area contributed by atoms with Crippen molar-refractivity contribution in [3.63, 3.8) is 0 Å². The Balaban J connectivity index is 2.27. The normalized spacial score (nSPS) is 31.8. The van der Waals surface area contributed by atoms with Crippen LogP contribution in [-0.2, 0) is 22.7 Å². The average molecular weight is 279 g/mol. The summed E-state index contributed by atoms with van der Waals surface area (Å²) in [7, 11) is -1.26. The number of hydrogen-bond donors (Lipinski definition) is 1. The van der Waals surface area contributed by atoms with Crippen molar-refractivity contribution < 1.29 is 8.42 Å². The Kier molecular flexibility index (Phi) is 2.98. The second kappa shape index (κ2) is 4.32. The molecule has 3 atom stereocenters. The van der Waals surface area contributed by atoms with Gasteiger partial charge in [-0.15, -0.1) is 0 Å². The molecule has 0 amide bonds. The van der Waals surface area contributed by atoms with Crippen LogP contribution < -0.4 is 5.32 Å². The molecule has 0 saturated carbocycles. The zero-order valence-corrected chi connectivity index (χ0v) is 12.5. The Morgan fingerprint density at radius 3 is 2.42 bits per heavy atom. The molecule has 3 unspecified atom stereocenters. The van der Waals surface area contributed by atoms with Crippen molar-refractivity contribution in [1.82, 2.24) is 5.32 Å². The van der Waals surface area contributed by atoms with E-state index in [2.05, 4.69) is 11.4 Å². The van der Waals surface area contributed by atoms with Gasteiger partial charge in [0.05, 0.1) is 10.1 Å². The minimum atomic E-state index is -3.17. The van der Waals surface area contributed by atoms with Gasteiger partial charge in [-0.25, -0.2) is 8.42 Å². The molecule has 104 valence electrons. The van der Waals surface area contributed by atoms with E-state index in [9.17, 15) is 8.42 Å². The lowest BCUT2D eigenvalue weighted by Crippen LogP contribution is -2.40. The summed E-state index contributed by atoms with van der Waals surface area (Å²) in [5.74, 6) is 0.0990. The van der Waals surface area contributed by atoms with E-state index in [0.717, 1.165) is 24.8 Å². The fourth-order valence-electron chi connectivity index (χ4n) is 3.57. The first-order chi connectivity index (χ1) is 8.96. The minimum Gasteiger partial charge on any atom is -0.313 e. The van der Waals surface area contributed by atoms with E-state index in [1.54, 1.807) is 0 Å². The summed E-state index contributed by atoms with van der Waals surface area (Å²) in [6, 6.07) is 4.22. The van der Waals surface area contributed by atoms with Gasteiger partial charge in [-0.1, -0.05) is 13.0 Å². The molecule has 0 fully saturated rings. The standard InChI is InChI=1S/C15H21NO2S/c1-9-10(2)19(17,18)14-8-12-6-4-5-11(12)7-13(14)15(9)16-3/h7-10,15-16H,4-6H2,1-3H3. The first-order valence-corrected chi connectivity index (χ1v) is 8.58. The van der Waals surface area contributed by atoms with E-state index in [4.69, 9.17) is 0 Å². The number of aryl methyl sites for hydroxylation is 2. The van der Waals surface area contributed by atoms with Gasteiger partial charge in [0.25, 0.3) is 0 Å². The van der Waals surface area contributed by atoms with Crippen LogP contribution in [0.15, 0.2) is 17.0 Å². The Bertz CT molecular complexity index is 621. The lowest BCUT2D eigenvalue weighted by Gasteiger charge is -2.36. The topological polar surface area (TPSA) is 46.2 Å². The number of hydrogen-bond acceptors (Lipinski definition) is 3. The molecule has 2 aliphatic rings. The first kappa shape index (κ1) is 13.1. The third-order valence-electron chi connectivity index (χ3n) is 4.93. The molecule has 0 saturated heterocycles. The fourth-order valence-corrected chi connectivity index (χ4v) is 5.51. The summed E-state index contributed by atoms with van der Waals surface area (Å²) in [5, 5.41) is 2.98. The molecular weight excluding hydrogens is 258 g/mol. The van der Waals surface area contributed by atoms with Gasteiger partial charge in [-0.3, -0.25) is 0 Å². The van der Waals surface area contributed by atoms with Crippen LogP contribution in [0.25, 0.3) is 0 Å². The molecule has 1 aliphatic carbocycles. The Morgan fingerprint density at radius 1 is 1.16 bits per heavy atom. The number of fused-ring (bicyclic) bond motifs is 2. The highest BCUT2D eigenvalue weighted by Crippen LogP contribution is 2.42. The summed E-state index contributed by atoms with van der Waals surface area (Å²) >= 11 is 0. The molecule has 1 N–H and O–H groups in total. The number of sulfone groups is 1. The van der Waals surface area contributed by atoms with E-state index < -0.39 is 9.84 Å². The molecule has 4 heteroatoms. The van der Waals surface area contributed by atoms with Crippen molar-refractivity contribution >= 4 is 9.84 Å². The monoisotopic (exact) mass is 279 g/mol. The van der Waals surface area contributed by atoms with Gasteiger partial charge in [0.1, 0.15) is 0 Å². The molecule has 0 bridgehead atoms. The molecule has 0 radical (unpaired) electrons. The fraction of sp³-hybridized carbons (Fsp3) is 0.600. The zero-order valence-electron chi connectivity index (χ0n) is 11.7. The Morgan fingerprint density at radius 2 is 1.79 bits per heavy atom. The van der Waals surface area contributed by atoms with Crippen LogP contribution in [0, 0.1) is 5.92 Å². The zero-order chi connectivity index (χ0) is 13.8. The number of rotatable bonds is 1. The molecule has 1 aromatic carbocycles. The van der Waals surface area contributed by atoms with Gasteiger partial charge in [-0.05, 0) is 61.9 Å². The predicted octanol–water partition coefficient (Wildman–Crippen LogP) is 2.25. The highest BCUT2D eigenvalue weighted by molar-refractivity contribution is 7.92. The van der Waals surface area contributed by atoms with Crippen LogP contribution in [0.4, 0.5) is 0 Å². The van der Waals surface area contributed by atoms with Crippen LogP contribution >= 0.6 is 0 Å². The lowest BCUT2D eigenvalue weighted by molar-refractivity contribution is 0.378. The molecule has 0 aromatic heterocycles. The van der Waals surface area contributed by atoms with Gasteiger partial charge in [-0.2, -0.15) is 0 Å². The Hall–Kier alpha value is -0.870. The molecule has 3 nitrogen and oxygen atoms in total. The summed E-state index contributed by atoms with van der Waals surface area (Å²) < 4.78 is 25.3. The molecule has 3 rings (SSSR count). The minimum absolute atomic E-state index is 0.0990. The van der Waals surface area contributed by atoms with Crippen molar-refractivity contribution in [3.05, 3.63) is 28.8 Å². The highest BCUT2D eigenvalue weighted by Gasteiger charge is 2.41. The molecule has 1 aliphatic heterocycles.